The van der Waals surface area contributed by atoms with Crippen LogP contribution in [-0.4, -0.2) is 5.11 Å². The van der Waals surface area contributed by atoms with Crippen molar-refractivity contribution in [3.05, 3.63) is 73.2 Å². The fourth-order valence-corrected chi connectivity index (χ4v) is 2.49. The van der Waals surface area contributed by atoms with E-state index >= 15 is 0 Å². The van der Waals surface area contributed by atoms with Gasteiger partial charge in [0.25, 0.3) is 0 Å². The maximum atomic E-state index is 13.0. The Morgan fingerprint density at radius 2 is 1.00 bits per heavy atom. The molecule has 1 atom stereocenters. The van der Waals surface area contributed by atoms with Crippen LogP contribution in [0.5, 0.6) is 0 Å². The van der Waals surface area contributed by atoms with Gasteiger partial charge in [-0.2, -0.15) is 0 Å². The molecule has 0 saturated heterocycles. The highest BCUT2D eigenvalue weighted by Gasteiger charge is 2.26. The number of rotatable bonds is 2. The first-order valence-corrected chi connectivity index (χ1v) is 8.30. The quantitative estimate of drug-likeness (QED) is 0.261. The summed E-state index contributed by atoms with van der Waals surface area (Å²) in [6, 6.07) is 0. The summed E-state index contributed by atoms with van der Waals surface area (Å²) in [7, 11) is 0. The Morgan fingerprint density at radius 3 is 1.26 bits per heavy atom. The first-order chi connectivity index (χ1) is 12.4. The molecule has 27 heavy (non-hydrogen) atoms. The average molecular weight is 528 g/mol. The van der Waals surface area contributed by atoms with Gasteiger partial charge in [-0.05, 0) is 38.8 Å². The number of benzene rings is 2. The molecule has 0 aromatic heterocycles. The minimum Gasteiger partial charge on any atom is -0.388 e. The third kappa shape index (κ3) is 4.52. The van der Waals surface area contributed by atoms with Crippen molar-refractivity contribution in [3.8, 4) is 0 Å². The Bertz CT molecular complexity index is 841. The molecular formula is C16H8Br2F8O. The number of aliphatic hydroxyl groups excluding tert-OH is 1. The van der Waals surface area contributed by atoms with Gasteiger partial charge in [-0.1, -0.05) is 12.7 Å². The Balaban J connectivity index is 0.000000271. The second-order valence-electron chi connectivity index (χ2n) is 4.85. The molecule has 0 spiro atoms. The highest BCUT2D eigenvalue weighted by atomic mass is 79.9. The van der Waals surface area contributed by atoms with Crippen molar-refractivity contribution < 1.29 is 40.2 Å². The normalized spacial score (nSPS) is 11.7. The van der Waals surface area contributed by atoms with Crippen molar-refractivity contribution >= 4 is 37.9 Å². The molecule has 2 rings (SSSR count). The van der Waals surface area contributed by atoms with E-state index in [0.717, 1.165) is 6.92 Å². The number of hydrogen-bond acceptors (Lipinski definition) is 1. The molecule has 0 bridgehead atoms. The zero-order valence-electron chi connectivity index (χ0n) is 13.1. The largest absolute Gasteiger partial charge is 0.388 e. The third-order valence-electron chi connectivity index (χ3n) is 3.11. The number of halogens is 10. The monoisotopic (exact) mass is 526 g/mol. The second-order valence-corrected chi connectivity index (χ2v) is 6.43. The van der Waals surface area contributed by atoms with Gasteiger partial charge in [-0.25, -0.2) is 35.1 Å². The van der Waals surface area contributed by atoms with E-state index in [1.807, 2.05) is 0 Å². The van der Waals surface area contributed by atoms with Crippen LogP contribution in [0.3, 0.4) is 0 Å². The van der Waals surface area contributed by atoms with Gasteiger partial charge in [0.1, 0.15) is 0 Å². The van der Waals surface area contributed by atoms with Crippen molar-refractivity contribution in [1.82, 2.24) is 0 Å². The minimum absolute atomic E-state index is 0.712. The molecule has 2 aromatic carbocycles. The van der Waals surface area contributed by atoms with Gasteiger partial charge < -0.3 is 5.11 Å². The second kappa shape index (κ2) is 9.16. The Kier molecular flexibility index (Phi) is 8.00. The van der Waals surface area contributed by atoms with E-state index in [1.54, 1.807) is 0 Å². The van der Waals surface area contributed by atoms with Crippen LogP contribution in [0.1, 0.15) is 24.2 Å². The fourth-order valence-electron chi connectivity index (χ4n) is 1.79. The van der Waals surface area contributed by atoms with E-state index in [-0.39, 0.29) is 0 Å². The van der Waals surface area contributed by atoms with Gasteiger partial charge in [-0.15, -0.1) is 0 Å². The molecule has 0 saturated carbocycles. The minimum atomic E-state index is -1.62. The summed E-state index contributed by atoms with van der Waals surface area (Å²) in [5.74, 6) is -12.1. The van der Waals surface area contributed by atoms with Crippen molar-refractivity contribution in [2.75, 3.05) is 0 Å². The lowest BCUT2D eigenvalue weighted by Gasteiger charge is -2.10. The Labute approximate surface area is 164 Å². The summed E-state index contributed by atoms with van der Waals surface area (Å²) >= 11 is 4.73. The summed E-state index contributed by atoms with van der Waals surface area (Å²) in [4.78, 5) is 0. The number of hydrogen-bond donors (Lipinski definition) is 1. The zero-order chi connectivity index (χ0) is 21.2. The standard InChI is InChI=1S/C8H5BrF4O.C8H3BrF4/c1-2(14)3-5(10)7(12)4(9)8(13)6(3)11;1-2-3-5(10)7(12)4(9)8(13)6(3)11/h2,14H,1H3;2H,1H2. The smallest absolute Gasteiger partial charge is 0.176 e. The molecule has 0 aliphatic carbocycles. The molecule has 1 nitrogen and oxygen atoms in total. The molecule has 1 unspecified atom stereocenters. The van der Waals surface area contributed by atoms with Gasteiger partial charge in [-0.3, -0.25) is 0 Å². The molecule has 0 aliphatic heterocycles. The summed E-state index contributed by atoms with van der Waals surface area (Å²) < 4.78 is 101. The molecule has 11 heteroatoms. The van der Waals surface area contributed by atoms with E-state index in [9.17, 15) is 35.1 Å². The van der Waals surface area contributed by atoms with Crippen LogP contribution in [0.4, 0.5) is 35.1 Å². The number of aliphatic hydroxyl groups is 1. The molecule has 0 heterocycles. The lowest BCUT2D eigenvalue weighted by molar-refractivity contribution is 0.184. The van der Waals surface area contributed by atoms with Crippen molar-refractivity contribution in [2.24, 2.45) is 0 Å². The first-order valence-electron chi connectivity index (χ1n) is 6.71. The summed E-state index contributed by atoms with van der Waals surface area (Å²) in [6.07, 6.45) is -0.907. The Morgan fingerprint density at radius 1 is 0.704 bits per heavy atom. The SMILES string of the molecule is C=Cc1c(F)c(F)c(Br)c(F)c1F.CC(O)c1c(F)c(F)c(Br)c(F)c1F. The van der Waals surface area contributed by atoms with Gasteiger partial charge in [0.05, 0.1) is 26.2 Å². The Hall–Kier alpha value is -1.46. The highest BCUT2D eigenvalue weighted by Crippen LogP contribution is 2.31. The van der Waals surface area contributed by atoms with Crippen LogP contribution in [-0.2, 0) is 0 Å². The van der Waals surface area contributed by atoms with E-state index < -0.39 is 72.7 Å². The maximum Gasteiger partial charge on any atom is 0.176 e. The van der Waals surface area contributed by atoms with E-state index in [4.69, 9.17) is 5.11 Å². The summed E-state index contributed by atoms with van der Waals surface area (Å²) in [5, 5.41) is 8.90. The predicted octanol–water partition coefficient (Wildman–Crippen LogP) is 6.71. The van der Waals surface area contributed by atoms with Crippen LogP contribution in [0.25, 0.3) is 6.08 Å². The summed E-state index contributed by atoms with van der Waals surface area (Å²) in [5.41, 5.74) is -1.82. The zero-order valence-corrected chi connectivity index (χ0v) is 16.3. The molecular weight excluding hydrogens is 520 g/mol. The third-order valence-corrected chi connectivity index (χ3v) is 4.50. The maximum absolute atomic E-state index is 13.0. The highest BCUT2D eigenvalue weighted by molar-refractivity contribution is 9.10. The molecule has 1 N–H and O–H groups in total. The van der Waals surface area contributed by atoms with E-state index in [1.165, 1.54) is 0 Å². The van der Waals surface area contributed by atoms with E-state index in [0.29, 0.717) is 6.08 Å². The molecule has 0 aliphatic rings. The van der Waals surface area contributed by atoms with Crippen LogP contribution >= 0.6 is 31.9 Å². The van der Waals surface area contributed by atoms with Crippen molar-refractivity contribution in [2.45, 2.75) is 13.0 Å². The molecule has 0 radical (unpaired) electrons. The van der Waals surface area contributed by atoms with Crippen molar-refractivity contribution in [1.29, 1.82) is 0 Å². The average Bonchev–Trinajstić information content (AvgIpc) is 2.62. The van der Waals surface area contributed by atoms with Gasteiger partial charge in [0.2, 0.25) is 0 Å². The molecule has 0 fully saturated rings. The van der Waals surface area contributed by atoms with Gasteiger partial charge >= 0.3 is 0 Å². The van der Waals surface area contributed by atoms with Gasteiger partial charge in [0, 0.05) is 0 Å². The lowest BCUT2D eigenvalue weighted by atomic mass is 10.1. The molecule has 0 amide bonds. The van der Waals surface area contributed by atoms with Crippen molar-refractivity contribution in [3.63, 3.8) is 0 Å². The van der Waals surface area contributed by atoms with E-state index in [2.05, 4.69) is 38.4 Å². The first kappa shape index (κ1) is 23.6. The van der Waals surface area contributed by atoms with Crippen LogP contribution in [0, 0.1) is 46.5 Å². The van der Waals surface area contributed by atoms with Crippen LogP contribution in [0.15, 0.2) is 15.5 Å². The lowest BCUT2D eigenvalue weighted by Crippen LogP contribution is -2.07. The van der Waals surface area contributed by atoms with Crippen LogP contribution in [0.2, 0.25) is 0 Å². The topological polar surface area (TPSA) is 20.2 Å². The predicted molar refractivity (Wildman–Crippen MR) is 88.7 cm³/mol. The van der Waals surface area contributed by atoms with Gasteiger partial charge in [0.15, 0.2) is 46.5 Å². The fraction of sp³-hybridized carbons (Fsp3) is 0.125. The molecule has 2 aromatic rings. The molecule has 148 valence electrons. The van der Waals surface area contributed by atoms with Crippen LogP contribution < -0.4 is 0 Å². The summed E-state index contributed by atoms with van der Waals surface area (Å²) in [6.45, 7) is 4.04.